The standard InChI is InChI=1S/C27H32N6O6/c1-6-9-22(34)38-16-39-27(37)32(12-7-2)26(36)20-14-33-23(18(20)5)24(29-15-30-33)31-21-13-19(11-10-17(21)4)25(35)28-8-3/h6,9-11,13-15H,7-8,12,16H2,1-5H3,(H,28,35)(H,29,30,31)/b9-6+. The molecule has 39 heavy (non-hydrogen) atoms. The van der Waals surface area contributed by atoms with Gasteiger partial charge in [-0.2, -0.15) is 5.10 Å². The molecule has 12 heteroatoms. The highest BCUT2D eigenvalue weighted by Gasteiger charge is 2.28. The maximum atomic E-state index is 13.5. The molecular weight excluding hydrogens is 504 g/mol. The summed E-state index contributed by atoms with van der Waals surface area (Å²) in [5.41, 5.74) is 3.32. The Bertz CT molecular complexity index is 1410. The Balaban J connectivity index is 1.90. The third-order valence-corrected chi connectivity index (χ3v) is 5.75. The van der Waals surface area contributed by atoms with Crippen LogP contribution in [0.4, 0.5) is 16.3 Å². The van der Waals surface area contributed by atoms with Crippen molar-refractivity contribution in [2.45, 2.75) is 41.0 Å². The van der Waals surface area contributed by atoms with Gasteiger partial charge in [-0.25, -0.2) is 24.0 Å². The summed E-state index contributed by atoms with van der Waals surface area (Å²) >= 11 is 0. The van der Waals surface area contributed by atoms with Crippen molar-refractivity contribution < 1.29 is 28.7 Å². The first-order valence-corrected chi connectivity index (χ1v) is 12.5. The molecule has 0 bridgehead atoms. The Morgan fingerprint density at radius 1 is 1.13 bits per heavy atom. The van der Waals surface area contributed by atoms with Gasteiger partial charge in [0.25, 0.3) is 11.8 Å². The maximum absolute atomic E-state index is 13.5. The van der Waals surface area contributed by atoms with E-state index in [0.717, 1.165) is 10.5 Å². The van der Waals surface area contributed by atoms with Crippen LogP contribution in [0, 0.1) is 13.8 Å². The van der Waals surface area contributed by atoms with Crippen LogP contribution in [0.2, 0.25) is 0 Å². The summed E-state index contributed by atoms with van der Waals surface area (Å²) in [5.74, 6) is -1.04. The van der Waals surface area contributed by atoms with Crippen molar-refractivity contribution in [3.63, 3.8) is 0 Å². The van der Waals surface area contributed by atoms with Gasteiger partial charge in [-0.3, -0.25) is 9.59 Å². The van der Waals surface area contributed by atoms with Crippen molar-refractivity contribution in [1.82, 2.24) is 24.8 Å². The Kier molecular flexibility index (Phi) is 9.74. The number of carbonyl (C=O) groups excluding carboxylic acids is 4. The Morgan fingerprint density at radius 3 is 2.59 bits per heavy atom. The first kappa shape index (κ1) is 28.8. The molecule has 12 nitrogen and oxygen atoms in total. The molecule has 0 saturated heterocycles. The van der Waals surface area contributed by atoms with Gasteiger partial charge in [0.1, 0.15) is 11.8 Å². The van der Waals surface area contributed by atoms with Crippen molar-refractivity contribution in [2.75, 3.05) is 25.2 Å². The van der Waals surface area contributed by atoms with Gasteiger partial charge in [0, 0.05) is 36.6 Å². The van der Waals surface area contributed by atoms with Crippen LogP contribution in [0.15, 0.2) is 42.9 Å². The molecule has 0 radical (unpaired) electrons. The number of imide groups is 1. The summed E-state index contributed by atoms with van der Waals surface area (Å²) in [5, 5.41) is 10.3. The van der Waals surface area contributed by atoms with Crippen molar-refractivity contribution in [2.24, 2.45) is 0 Å². The Hall–Kier alpha value is -4.74. The van der Waals surface area contributed by atoms with Crippen molar-refractivity contribution >= 4 is 40.9 Å². The van der Waals surface area contributed by atoms with Gasteiger partial charge in [0.05, 0.1) is 5.56 Å². The Labute approximate surface area is 226 Å². The molecule has 0 unspecified atom stereocenters. The normalized spacial score (nSPS) is 10.9. The molecule has 0 aliphatic rings. The number of hydrogen-bond acceptors (Lipinski definition) is 9. The zero-order valence-electron chi connectivity index (χ0n) is 22.6. The summed E-state index contributed by atoms with van der Waals surface area (Å²) < 4.78 is 11.3. The van der Waals surface area contributed by atoms with Gasteiger partial charge in [-0.1, -0.05) is 19.1 Å². The van der Waals surface area contributed by atoms with Gasteiger partial charge >= 0.3 is 12.1 Å². The zero-order chi connectivity index (χ0) is 28.5. The molecule has 206 valence electrons. The van der Waals surface area contributed by atoms with Crippen LogP contribution in [-0.4, -0.2) is 63.3 Å². The summed E-state index contributed by atoms with van der Waals surface area (Å²) in [6.07, 6.45) is 5.07. The number of hydrogen-bond donors (Lipinski definition) is 2. The molecule has 0 spiro atoms. The lowest BCUT2D eigenvalue weighted by Crippen LogP contribution is -2.38. The first-order chi connectivity index (χ1) is 18.7. The summed E-state index contributed by atoms with van der Waals surface area (Å²) in [6.45, 7) is 8.90. The summed E-state index contributed by atoms with van der Waals surface area (Å²) in [7, 11) is 0. The highest BCUT2D eigenvalue weighted by Crippen LogP contribution is 2.28. The second kappa shape index (κ2) is 13.2. The predicted molar refractivity (Wildman–Crippen MR) is 144 cm³/mol. The number of aryl methyl sites for hydroxylation is 2. The average Bonchev–Trinajstić information content (AvgIpc) is 3.25. The molecule has 0 aliphatic carbocycles. The molecule has 3 aromatic rings. The van der Waals surface area contributed by atoms with E-state index < -0.39 is 24.8 Å². The second-order valence-electron chi connectivity index (χ2n) is 8.53. The number of nitrogens with one attached hydrogen (secondary N) is 2. The number of aromatic nitrogens is 3. The highest BCUT2D eigenvalue weighted by atomic mass is 16.7. The van der Waals surface area contributed by atoms with E-state index in [1.165, 1.54) is 29.2 Å². The number of fused-ring (bicyclic) bond motifs is 1. The fraction of sp³-hybridized carbons (Fsp3) is 0.333. The molecule has 3 rings (SSSR count). The molecule has 0 atom stereocenters. The lowest BCUT2D eigenvalue weighted by atomic mass is 10.1. The highest BCUT2D eigenvalue weighted by molar-refractivity contribution is 6.05. The summed E-state index contributed by atoms with van der Waals surface area (Å²) in [4.78, 5) is 55.2. The van der Waals surface area contributed by atoms with Crippen molar-refractivity contribution in [3.8, 4) is 0 Å². The van der Waals surface area contributed by atoms with Gasteiger partial charge in [0.15, 0.2) is 5.82 Å². The minimum Gasteiger partial charge on any atom is -0.425 e. The number of rotatable bonds is 10. The third-order valence-electron chi connectivity index (χ3n) is 5.75. The number of allylic oxidation sites excluding steroid dienone is 1. The van der Waals surface area contributed by atoms with Crippen LogP contribution < -0.4 is 10.6 Å². The Morgan fingerprint density at radius 2 is 1.90 bits per heavy atom. The number of esters is 1. The van der Waals surface area contributed by atoms with Crippen LogP contribution in [-0.2, 0) is 14.3 Å². The molecule has 0 aliphatic heterocycles. The van der Waals surface area contributed by atoms with Crippen LogP contribution in [0.1, 0.15) is 59.0 Å². The second-order valence-corrected chi connectivity index (χ2v) is 8.53. The number of carbonyl (C=O) groups is 4. The number of amides is 3. The molecule has 2 N–H and O–H groups in total. The monoisotopic (exact) mass is 536 g/mol. The van der Waals surface area contributed by atoms with E-state index in [4.69, 9.17) is 9.47 Å². The molecule has 2 heterocycles. The lowest BCUT2D eigenvalue weighted by Gasteiger charge is -2.19. The molecule has 1 aromatic carbocycles. The van der Waals surface area contributed by atoms with Gasteiger partial charge < -0.3 is 20.1 Å². The number of anilines is 2. The van der Waals surface area contributed by atoms with E-state index in [1.807, 2.05) is 26.8 Å². The SMILES string of the molecule is C/C=C/C(=O)OCOC(=O)N(CCC)C(=O)c1cn2ncnc(Nc3cc(C(=O)NCC)ccc3C)c2c1C. The summed E-state index contributed by atoms with van der Waals surface area (Å²) in [6, 6.07) is 5.30. The smallest absolute Gasteiger partial charge is 0.419 e. The topological polar surface area (TPSA) is 144 Å². The largest absolute Gasteiger partial charge is 0.425 e. The number of benzene rings is 1. The van der Waals surface area contributed by atoms with E-state index in [1.54, 1.807) is 26.0 Å². The molecule has 0 fully saturated rings. The van der Waals surface area contributed by atoms with Crippen molar-refractivity contribution in [1.29, 1.82) is 0 Å². The zero-order valence-corrected chi connectivity index (χ0v) is 22.6. The van der Waals surface area contributed by atoms with E-state index in [0.29, 0.717) is 41.1 Å². The van der Waals surface area contributed by atoms with Crippen LogP contribution in [0.5, 0.6) is 0 Å². The average molecular weight is 537 g/mol. The van der Waals surface area contributed by atoms with Gasteiger partial charge in [-0.15, -0.1) is 0 Å². The maximum Gasteiger partial charge on any atom is 0.419 e. The fourth-order valence-corrected chi connectivity index (χ4v) is 3.80. The molecule has 3 amide bonds. The number of ether oxygens (including phenoxy) is 2. The van der Waals surface area contributed by atoms with E-state index in [9.17, 15) is 19.2 Å². The van der Waals surface area contributed by atoms with E-state index >= 15 is 0 Å². The lowest BCUT2D eigenvalue weighted by molar-refractivity contribution is -0.146. The van der Waals surface area contributed by atoms with Gasteiger partial charge in [0.2, 0.25) is 6.79 Å². The third kappa shape index (κ3) is 6.78. The fourth-order valence-electron chi connectivity index (χ4n) is 3.80. The predicted octanol–water partition coefficient (Wildman–Crippen LogP) is 3.91. The minimum atomic E-state index is -0.938. The van der Waals surface area contributed by atoms with Crippen LogP contribution in [0.3, 0.4) is 0 Å². The molecule has 2 aromatic heterocycles. The van der Waals surface area contributed by atoms with Crippen LogP contribution >= 0.6 is 0 Å². The minimum absolute atomic E-state index is 0.0920. The van der Waals surface area contributed by atoms with E-state index in [2.05, 4.69) is 20.7 Å². The quantitative estimate of drug-likeness (QED) is 0.224. The molecular formula is C27H32N6O6. The molecule has 0 saturated carbocycles. The van der Waals surface area contributed by atoms with Crippen LogP contribution in [0.25, 0.3) is 5.52 Å². The van der Waals surface area contributed by atoms with Crippen molar-refractivity contribution in [3.05, 3.63) is 65.1 Å². The van der Waals surface area contributed by atoms with E-state index in [-0.39, 0.29) is 18.0 Å². The number of nitrogens with zero attached hydrogens (tertiary/aromatic N) is 4. The van der Waals surface area contributed by atoms with Gasteiger partial charge in [-0.05, 0) is 57.4 Å². The first-order valence-electron chi connectivity index (χ1n) is 12.5.